The number of carbonyl (C=O) groups is 2. The van der Waals surface area contributed by atoms with E-state index in [9.17, 15) is 18.0 Å². The Bertz CT molecular complexity index is 1470. The molecule has 0 saturated heterocycles. The van der Waals surface area contributed by atoms with E-state index < -0.39 is 28.5 Å². The van der Waals surface area contributed by atoms with Crippen molar-refractivity contribution < 1.29 is 18.0 Å². The smallest absolute Gasteiger partial charge is 0.244 e. The first-order valence-electron chi connectivity index (χ1n) is 12.3. The van der Waals surface area contributed by atoms with E-state index >= 15 is 0 Å². The number of rotatable bonds is 11. The van der Waals surface area contributed by atoms with Crippen LogP contribution in [-0.2, 0) is 32.6 Å². The molecule has 0 aromatic heterocycles. The summed E-state index contributed by atoms with van der Waals surface area (Å²) in [7, 11) is -4.01. The van der Waals surface area contributed by atoms with E-state index in [4.69, 9.17) is 34.8 Å². The van der Waals surface area contributed by atoms with Crippen LogP contribution in [0.4, 0.5) is 5.69 Å². The number of benzene rings is 3. The summed E-state index contributed by atoms with van der Waals surface area (Å²) in [5.41, 5.74) is 1.59. The molecule has 12 heteroatoms. The summed E-state index contributed by atoms with van der Waals surface area (Å²) in [5.74, 6) is -0.965. The van der Waals surface area contributed by atoms with Crippen molar-refractivity contribution >= 4 is 78.3 Å². The molecule has 3 rings (SSSR count). The molecule has 0 fully saturated rings. The van der Waals surface area contributed by atoms with E-state index in [1.165, 1.54) is 17.0 Å². The molecule has 0 spiro atoms. The number of nitrogens with one attached hydrogen (secondary N) is 1. The third-order valence-corrected chi connectivity index (χ3v) is 8.53. The quantitative estimate of drug-likeness (QED) is 0.238. The lowest BCUT2D eigenvalue weighted by Gasteiger charge is -2.34. The molecule has 0 radical (unpaired) electrons. The monoisotopic (exact) mass is 687 g/mol. The van der Waals surface area contributed by atoms with Crippen molar-refractivity contribution in [1.82, 2.24) is 10.2 Å². The van der Waals surface area contributed by atoms with Gasteiger partial charge in [0.1, 0.15) is 12.6 Å². The van der Waals surface area contributed by atoms with Gasteiger partial charge in [-0.2, -0.15) is 0 Å². The fraction of sp³-hybridized carbons (Fsp3) is 0.286. The van der Waals surface area contributed by atoms with Crippen LogP contribution in [0, 0.1) is 0 Å². The Hall–Kier alpha value is -2.30. The van der Waals surface area contributed by atoms with E-state index in [-0.39, 0.29) is 45.7 Å². The zero-order valence-electron chi connectivity index (χ0n) is 22.1. The van der Waals surface area contributed by atoms with E-state index in [0.29, 0.717) is 0 Å². The van der Waals surface area contributed by atoms with Gasteiger partial charge in [-0.1, -0.05) is 93.2 Å². The number of anilines is 1. The third kappa shape index (κ3) is 8.85. The average molecular weight is 690 g/mol. The van der Waals surface area contributed by atoms with Crippen molar-refractivity contribution in [2.45, 2.75) is 38.9 Å². The maximum Gasteiger partial charge on any atom is 0.244 e. The molecule has 0 unspecified atom stereocenters. The Morgan fingerprint density at radius 2 is 1.52 bits per heavy atom. The van der Waals surface area contributed by atoms with Crippen LogP contribution < -0.4 is 9.62 Å². The molecule has 0 saturated carbocycles. The van der Waals surface area contributed by atoms with Crippen LogP contribution >= 0.6 is 50.7 Å². The summed E-state index contributed by atoms with van der Waals surface area (Å²) in [6.07, 6.45) is 1.18. The predicted octanol–water partition coefficient (Wildman–Crippen LogP) is 6.34. The van der Waals surface area contributed by atoms with Gasteiger partial charge in [-0.25, -0.2) is 8.42 Å². The van der Waals surface area contributed by atoms with E-state index in [1.54, 1.807) is 0 Å². The molecule has 7 nitrogen and oxygen atoms in total. The van der Waals surface area contributed by atoms with Crippen molar-refractivity contribution in [3.05, 3.63) is 97.4 Å². The van der Waals surface area contributed by atoms with E-state index in [0.717, 1.165) is 26.2 Å². The molecule has 3 aromatic rings. The number of amides is 2. The van der Waals surface area contributed by atoms with Crippen LogP contribution in [0.15, 0.2) is 71.2 Å². The van der Waals surface area contributed by atoms with E-state index in [2.05, 4.69) is 21.2 Å². The average Bonchev–Trinajstić information content (AvgIpc) is 2.86. The van der Waals surface area contributed by atoms with Crippen LogP contribution in [0.5, 0.6) is 0 Å². The second-order valence-electron chi connectivity index (χ2n) is 9.51. The number of hydrogen-bond acceptors (Lipinski definition) is 4. The topological polar surface area (TPSA) is 86.8 Å². The molecular formula is C28H29BrCl3N3O4S. The summed E-state index contributed by atoms with van der Waals surface area (Å²) in [5, 5.41) is 3.12. The van der Waals surface area contributed by atoms with Crippen LogP contribution in [0.25, 0.3) is 0 Å². The van der Waals surface area contributed by atoms with Gasteiger partial charge in [-0.3, -0.25) is 13.9 Å². The molecule has 2 amide bonds. The zero-order valence-corrected chi connectivity index (χ0v) is 26.7. The summed E-state index contributed by atoms with van der Waals surface area (Å²) >= 11 is 22.0. The number of carbonyl (C=O) groups excluding carboxylic acids is 2. The first-order valence-corrected chi connectivity index (χ1v) is 16.0. The largest absolute Gasteiger partial charge is 0.352 e. The van der Waals surface area contributed by atoms with Crippen LogP contribution in [0.3, 0.4) is 0 Å². The van der Waals surface area contributed by atoms with Gasteiger partial charge in [-0.05, 0) is 49.2 Å². The van der Waals surface area contributed by atoms with Gasteiger partial charge >= 0.3 is 0 Å². The summed E-state index contributed by atoms with van der Waals surface area (Å²) in [6.45, 7) is 3.09. The second kappa shape index (κ2) is 14.0. The highest BCUT2D eigenvalue weighted by molar-refractivity contribution is 9.10. The summed E-state index contributed by atoms with van der Waals surface area (Å²) in [4.78, 5) is 29.0. The van der Waals surface area contributed by atoms with Gasteiger partial charge in [0.25, 0.3) is 0 Å². The third-order valence-electron chi connectivity index (χ3n) is 5.88. The summed E-state index contributed by atoms with van der Waals surface area (Å²) in [6, 6.07) is 18.1. The van der Waals surface area contributed by atoms with Crippen molar-refractivity contribution in [2.24, 2.45) is 0 Å². The Kier molecular flexibility index (Phi) is 11.3. The number of nitrogens with zero attached hydrogens (tertiary/aromatic N) is 2. The molecule has 0 bridgehead atoms. The normalized spacial score (nSPS) is 12.2. The molecule has 1 atom stereocenters. The van der Waals surface area contributed by atoms with Crippen LogP contribution in [0.1, 0.15) is 25.0 Å². The van der Waals surface area contributed by atoms with Crippen LogP contribution in [-0.4, -0.2) is 50.0 Å². The van der Waals surface area contributed by atoms with Crippen LogP contribution in [0.2, 0.25) is 15.1 Å². The van der Waals surface area contributed by atoms with Crippen molar-refractivity contribution in [1.29, 1.82) is 0 Å². The van der Waals surface area contributed by atoms with Gasteiger partial charge in [-0.15, -0.1) is 0 Å². The highest BCUT2D eigenvalue weighted by Crippen LogP contribution is 2.35. The minimum absolute atomic E-state index is 0.000522. The lowest BCUT2D eigenvalue weighted by molar-refractivity contribution is -0.140. The zero-order chi connectivity index (χ0) is 29.6. The number of hydrogen-bond donors (Lipinski definition) is 1. The minimum Gasteiger partial charge on any atom is -0.352 e. The Labute approximate surface area is 258 Å². The highest BCUT2D eigenvalue weighted by Gasteiger charge is 2.34. The Morgan fingerprint density at radius 3 is 2.12 bits per heavy atom. The maximum absolute atomic E-state index is 14.1. The molecule has 0 aliphatic rings. The molecule has 3 aromatic carbocycles. The van der Waals surface area contributed by atoms with E-state index in [1.807, 2.05) is 68.4 Å². The first kappa shape index (κ1) is 32.2. The van der Waals surface area contributed by atoms with Gasteiger partial charge < -0.3 is 10.2 Å². The molecule has 1 N–H and O–H groups in total. The standard InChI is InChI=1S/C28H29BrCl3N3O4S/c1-18(2)33-28(37)26(13-19-8-5-4-6-9-19)34(16-20-10-7-11-21(29)12-20)27(36)17-35(40(3,38)39)25-15-23(31)22(30)14-24(25)32/h4-12,14-15,18,26H,13,16-17H2,1-3H3,(H,33,37)/t26-/m0/s1. The fourth-order valence-electron chi connectivity index (χ4n) is 4.06. The van der Waals surface area contributed by atoms with Gasteiger partial charge in [0.15, 0.2) is 0 Å². The van der Waals surface area contributed by atoms with Crippen molar-refractivity contribution in [2.75, 3.05) is 17.1 Å². The maximum atomic E-state index is 14.1. The van der Waals surface area contributed by atoms with Crippen molar-refractivity contribution in [3.8, 4) is 0 Å². The second-order valence-corrected chi connectivity index (χ2v) is 13.6. The van der Waals surface area contributed by atoms with Gasteiger partial charge in [0.05, 0.1) is 27.0 Å². The lowest BCUT2D eigenvalue weighted by atomic mass is 10.0. The Morgan fingerprint density at radius 1 is 0.900 bits per heavy atom. The minimum atomic E-state index is -4.01. The summed E-state index contributed by atoms with van der Waals surface area (Å²) < 4.78 is 27.5. The van der Waals surface area contributed by atoms with Gasteiger partial charge in [0, 0.05) is 23.5 Å². The number of sulfonamides is 1. The molecular weight excluding hydrogens is 661 g/mol. The first-order chi connectivity index (χ1) is 18.8. The van der Waals surface area contributed by atoms with Crippen molar-refractivity contribution in [3.63, 3.8) is 0 Å². The highest BCUT2D eigenvalue weighted by atomic mass is 79.9. The molecule has 0 aliphatic heterocycles. The molecule has 40 heavy (non-hydrogen) atoms. The fourth-order valence-corrected chi connectivity index (χ4v) is 6.06. The molecule has 0 aliphatic carbocycles. The SMILES string of the molecule is CC(C)NC(=O)[C@H](Cc1ccccc1)N(Cc1cccc(Br)c1)C(=O)CN(c1cc(Cl)c(Cl)cc1Cl)S(C)(=O)=O. The van der Waals surface area contributed by atoms with Gasteiger partial charge in [0.2, 0.25) is 21.8 Å². The predicted molar refractivity (Wildman–Crippen MR) is 166 cm³/mol. The lowest BCUT2D eigenvalue weighted by Crippen LogP contribution is -2.54. The Balaban J connectivity index is 2.10. The molecule has 0 heterocycles. The molecule has 214 valence electrons. The number of halogens is 4.